The van der Waals surface area contributed by atoms with Crippen molar-refractivity contribution in [2.45, 2.75) is 38.5 Å². The largest absolute Gasteiger partial charge is 0.481 e. The Morgan fingerprint density at radius 1 is 1.04 bits per heavy atom. The fourth-order valence-corrected chi connectivity index (χ4v) is 3.88. The second-order valence-electron chi connectivity index (χ2n) is 8.21. The molecule has 2 aliphatic rings. The summed E-state index contributed by atoms with van der Waals surface area (Å²) in [5, 5.41) is 9.22. The van der Waals surface area contributed by atoms with Crippen LogP contribution in [-0.2, 0) is 9.59 Å². The minimum Gasteiger partial charge on any atom is -0.481 e. The van der Waals surface area contributed by atoms with E-state index in [2.05, 4.69) is 30.9 Å². The second kappa shape index (κ2) is 9.53. The Morgan fingerprint density at radius 2 is 1.76 bits per heavy atom. The number of rotatable bonds is 9. The van der Waals surface area contributed by atoms with Gasteiger partial charge in [0, 0.05) is 38.5 Å². The van der Waals surface area contributed by atoms with E-state index in [-0.39, 0.29) is 18.3 Å². The summed E-state index contributed by atoms with van der Waals surface area (Å²) in [6.45, 7) is 4.47. The number of piperidine rings is 1. The maximum absolute atomic E-state index is 12.6. The highest BCUT2D eigenvalue weighted by Crippen LogP contribution is 2.33. The van der Waals surface area contributed by atoms with Crippen molar-refractivity contribution in [3.8, 4) is 0 Å². The first-order chi connectivity index (χ1) is 11.9. The molecule has 0 aromatic rings. The standard InChI is InChI=1S/C19H35N3O3/c1-20(2)11-12-21(3)9-7-17-14-22(19(25)15-5-4-6-15)10-8-16(17)13-18(23)24/h15-17H,4-14H2,1-3H3,(H,23,24). The van der Waals surface area contributed by atoms with Gasteiger partial charge in [-0.15, -0.1) is 0 Å². The van der Waals surface area contributed by atoms with Gasteiger partial charge in [0.1, 0.15) is 0 Å². The van der Waals surface area contributed by atoms with E-state index in [4.69, 9.17) is 0 Å². The molecule has 2 fully saturated rings. The number of aliphatic carboxylic acids is 1. The van der Waals surface area contributed by atoms with Crippen LogP contribution in [0.4, 0.5) is 0 Å². The third-order valence-corrected chi connectivity index (χ3v) is 5.90. The summed E-state index contributed by atoms with van der Waals surface area (Å²) in [5.74, 6) is 0.334. The third kappa shape index (κ3) is 6.26. The van der Waals surface area contributed by atoms with Gasteiger partial charge in [0.25, 0.3) is 0 Å². The molecule has 6 nitrogen and oxygen atoms in total. The zero-order valence-corrected chi connectivity index (χ0v) is 16.1. The van der Waals surface area contributed by atoms with Gasteiger partial charge in [-0.05, 0) is 65.2 Å². The monoisotopic (exact) mass is 353 g/mol. The first-order valence-electron chi connectivity index (χ1n) is 9.70. The van der Waals surface area contributed by atoms with Crippen LogP contribution >= 0.6 is 0 Å². The molecule has 1 aliphatic carbocycles. The fraction of sp³-hybridized carbons (Fsp3) is 0.895. The van der Waals surface area contributed by atoms with Crippen LogP contribution < -0.4 is 0 Å². The van der Waals surface area contributed by atoms with E-state index in [9.17, 15) is 14.7 Å². The van der Waals surface area contributed by atoms with Gasteiger partial charge < -0.3 is 19.8 Å². The number of likely N-dealkylation sites (tertiary alicyclic amines) is 1. The lowest BCUT2D eigenvalue weighted by molar-refractivity contribution is -0.142. The molecule has 0 radical (unpaired) electrons. The molecule has 0 aromatic carbocycles. The molecule has 144 valence electrons. The van der Waals surface area contributed by atoms with Gasteiger partial charge in [0.2, 0.25) is 5.91 Å². The Morgan fingerprint density at radius 3 is 2.32 bits per heavy atom. The van der Waals surface area contributed by atoms with Crippen molar-refractivity contribution in [1.29, 1.82) is 0 Å². The van der Waals surface area contributed by atoms with Crippen LogP contribution in [0.2, 0.25) is 0 Å². The smallest absolute Gasteiger partial charge is 0.303 e. The summed E-state index contributed by atoms with van der Waals surface area (Å²) < 4.78 is 0. The normalized spacial score (nSPS) is 24.6. The van der Waals surface area contributed by atoms with Crippen molar-refractivity contribution in [2.24, 2.45) is 17.8 Å². The maximum Gasteiger partial charge on any atom is 0.303 e. The van der Waals surface area contributed by atoms with E-state index in [0.717, 1.165) is 58.4 Å². The number of nitrogens with zero attached hydrogens (tertiary/aromatic N) is 3. The van der Waals surface area contributed by atoms with Gasteiger partial charge in [0.15, 0.2) is 0 Å². The van der Waals surface area contributed by atoms with Gasteiger partial charge >= 0.3 is 5.97 Å². The average Bonchev–Trinajstić information content (AvgIpc) is 2.49. The van der Waals surface area contributed by atoms with Crippen LogP contribution in [-0.4, -0.2) is 85.5 Å². The van der Waals surface area contributed by atoms with E-state index < -0.39 is 5.97 Å². The van der Waals surface area contributed by atoms with Crippen molar-refractivity contribution in [2.75, 3.05) is 53.9 Å². The van der Waals surface area contributed by atoms with Gasteiger partial charge in [-0.25, -0.2) is 0 Å². The van der Waals surface area contributed by atoms with Crippen molar-refractivity contribution in [3.63, 3.8) is 0 Å². The Bertz CT molecular complexity index is 451. The average molecular weight is 354 g/mol. The Hall–Kier alpha value is -1.14. The number of carboxylic acids is 1. The van der Waals surface area contributed by atoms with E-state index in [1.807, 2.05) is 4.90 Å². The van der Waals surface area contributed by atoms with Gasteiger partial charge in [-0.2, -0.15) is 0 Å². The molecule has 1 amide bonds. The van der Waals surface area contributed by atoms with Gasteiger partial charge in [-0.1, -0.05) is 6.42 Å². The Kier molecular flexibility index (Phi) is 7.69. The Labute approximate surface area is 152 Å². The van der Waals surface area contributed by atoms with Crippen molar-refractivity contribution < 1.29 is 14.7 Å². The van der Waals surface area contributed by atoms with Crippen LogP contribution in [0.3, 0.4) is 0 Å². The van der Waals surface area contributed by atoms with Crippen LogP contribution in [0.15, 0.2) is 0 Å². The predicted octanol–water partition coefficient (Wildman–Crippen LogP) is 1.61. The molecule has 1 aliphatic heterocycles. The highest BCUT2D eigenvalue weighted by Gasteiger charge is 2.36. The number of amides is 1. The molecule has 0 aromatic heterocycles. The number of carbonyl (C=O) groups excluding carboxylic acids is 1. The minimum absolute atomic E-state index is 0.199. The summed E-state index contributed by atoms with van der Waals surface area (Å²) in [6.07, 6.45) is 5.27. The maximum atomic E-state index is 12.6. The summed E-state index contributed by atoms with van der Waals surface area (Å²) in [7, 11) is 6.26. The first kappa shape index (κ1) is 20.2. The molecule has 1 saturated carbocycles. The van der Waals surface area contributed by atoms with Crippen molar-refractivity contribution in [3.05, 3.63) is 0 Å². The van der Waals surface area contributed by atoms with E-state index >= 15 is 0 Å². The quantitative estimate of drug-likeness (QED) is 0.682. The van der Waals surface area contributed by atoms with Gasteiger partial charge in [0.05, 0.1) is 0 Å². The minimum atomic E-state index is -0.713. The van der Waals surface area contributed by atoms with E-state index in [0.29, 0.717) is 11.8 Å². The highest BCUT2D eigenvalue weighted by atomic mass is 16.4. The summed E-state index contributed by atoms with van der Waals surface area (Å²) >= 11 is 0. The molecule has 1 heterocycles. The molecular weight excluding hydrogens is 318 g/mol. The molecule has 0 spiro atoms. The molecule has 25 heavy (non-hydrogen) atoms. The molecule has 2 unspecified atom stereocenters. The molecular formula is C19H35N3O3. The van der Waals surface area contributed by atoms with Gasteiger partial charge in [-0.3, -0.25) is 9.59 Å². The first-order valence-corrected chi connectivity index (χ1v) is 9.70. The number of carbonyl (C=O) groups is 2. The van der Waals surface area contributed by atoms with Crippen LogP contribution in [0, 0.1) is 17.8 Å². The van der Waals surface area contributed by atoms with Crippen LogP contribution in [0.25, 0.3) is 0 Å². The van der Waals surface area contributed by atoms with Crippen LogP contribution in [0.5, 0.6) is 0 Å². The lowest BCUT2D eigenvalue weighted by Gasteiger charge is -2.41. The fourth-order valence-electron chi connectivity index (χ4n) is 3.88. The molecule has 2 atom stereocenters. The number of carboxylic acid groups (broad SMARTS) is 1. The summed E-state index contributed by atoms with van der Waals surface area (Å²) in [5.41, 5.74) is 0. The Balaban J connectivity index is 1.87. The summed E-state index contributed by atoms with van der Waals surface area (Å²) in [6, 6.07) is 0. The SMILES string of the molecule is CN(C)CCN(C)CCC1CN(C(=O)C2CCC2)CCC1CC(=O)O. The van der Waals surface area contributed by atoms with Crippen LogP contribution in [0.1, 0.15) is 38.5 Å². The highest BCUT2D eigenvalue weighted by molar-refractivity contribution is 5.79. The summed E-state index contributed by atoms with van der Waals surface area (Å²) in [4.78, 5) is 30.3. The van der Waals surface area contributed by atoms with E-state index in [1.54, 1.807) is 0 Å². The lowest BCUT2D eigenvalue weighted by atomic mass is 9.79. The molecule has 1 N–H and O–H groups in total. The predicted molar refractivity (Wildman–Crippen MR) is 98.4 cm³/mol. The van der Waals surface area contributed by atoms with Crippen molar-refractivity contribution in [1.82, 2.24) is 14.7 Å². The van der Waals surface area contributed by atoms with E-state index in [1.165, 1.54) is 6.42 Å². The number of hydrogen-bond acceptors (Lipinski definition) is 4. The zero-order valence-electron chi connectivity index (χ0n) is 16.1. The molecule has 1 saturated heterocycles. The van der Waals surface area contributed by atoms with Crippen molar-refractivity contribution >= 4 is 11.9 Å². The number of likely N-dealkylation sites (N-methyl/N-ethyl adjacent to an activating group) is 2. The molecule has 0 bridgehead atoms. The third-order valence-electron chi connectivity index (χ3n) is 5.90. The molecule has 6 heteroatoms. The zero-order chi connectivity index (χ0) is 18.4. The number of hydrogen-bond donors (Lipinski definition) is 1. The topological polar surface area (TPSA) is 64.1 Å². The lowest BCUT2D eigenvalue weighted by Crippen LogP contribution is -2.48. The molecule has 2 rings (SSSR count). The second-order valence-corrected chi connectivity index (χ2v) is 8.21.